The Balaban J connectivity index is 1.71. The monoisotopic (exact) mass is 232 g/mol. The fourth-order valence-corrected chi connectivity index (χ4v) is 3.20. The molecule has 3 rings (SSSR count). The first-order chi connectivity index (χ1) is 8.33. The lowest BCUT2D eigenvalue weighted by molar-refractivity contribution is 0.0620. The molecule has 1 saturated carbocycles. The summed E-state index contributed by atoms with van der Waals surface area (Å²) in [6.45, 7) is 2.98. The van der Waals surface area contributed by atoms with Crippen molar-refractivity contribution in [3.63, 3.8) is 0 Å². The molecule has 0 radical (unpaired) electrons. The molecule has 1 aromatic heterocycles. The summed E-state index contributed by atoms with van der Waals surface area (Å²) in [5, 5.41) is 3.67. The van der Waals surface area contributed by atoms with Crippen LogP contribution >= 0.6 is 0 Å². The first-order valence-corrected chi connectivity index (χ1v) is 6.64. The zero-order valence-corrected chi connectivity index (χ0v) is 10.4. The fraction of sp³-hybridized carbons (Fsp3) is 0.643. The van der Waals surface area contributed by atoms with Gasteiger partial charge in [0.25, 0.3) is 0 Å². The first kappa shape index (κ1) is 11.0. The Morgan fingerprint density at radius 1 is 1.35 bits per heavy atom. The molecule has 0 amide bonds. The van der Waals surface area contributed by atoms with E-state index in [0.717, 1.165) is 12.3 Å². The molecule has 1 N–H and O–H groups in total. The number of anilines is 1. The van der Waals surface area contributed by atoms with Crippen LogP contribution in [0.3, 0.4) is 0 Å². The van der Waals surface area contributed by atoms with Gasteiger partial charge in [0.05, 0.1) is 6.10 Å². The minimum absolute atomic E-state index is 0.504. The lowest BCUT2D eigenvalue weighted by atomic mass is 9.81. The molecule has 0 bridgehead atoms. The number of hydrogen-bond acceptors (Lipinski definition) is 3. The Bertz CT molecular complexity index is 394. The summed E-state index contributed by atoms with van der Waals surface area (Å²) in [5.74, 6) is 0.706. The Kier molecular flexibility index (Phi) is 3.02. The average molecular weight is 232 g/mol. The molecule has 1 aromatic rings. The summed E-state index contributed by atoms with van der Waals surface area (Å²) in [5.41, 5.74) is 2.28. The largest absolute Gasteiger partial charge is 0.382 e. The van der Waals surface area contributed by atoms with Crippen LogP contribution in [0.4, 0.5) is 5.69 Å². The smallest absolute Gasteiger partial charge is 0.0623 e. The van der Waals surface area contributed by atoms with Crippen LogP contribution in [0.25, 0.3) is 0 Å². The van der Waals surface area contributed by atoms with E-state index < -0.39 is 0 Å². The minimum Gasteiger partial charge on any atom is -0.382 e. The van der Waals surface area contributed by atoms with Crippen molar-refractivity contribution in [1.82, 2.24) is 4.98 Å². The van der Waals surface area contributed by atoms with Crippen LogP contribution in [0.15, 0.2) is 18.3 Å². The summed E-state index contributed by atoms with van der Waals surface area (Å²) in [4.78, 5) is 4.23. The van der Waals surface area contributed by atoms with E-state index in [2.05, 4.69) is 22.4 Å². The van der Waals surface area contributed by atoms with Gasteiger partial charge in [-0.15, -0.1) is 0 Å². The van der Waals surface area contributed by atoms with Gasteiger partial charge in [0.15, 0.2) is 0 Å². The molecule has 0 spiro atoms. The molecule has 3 nitrogen and oxygen atoms in total. The highest BCUT2D eigenvalue weighted by atomic mass is 16.5. The summed E-state index contributed by atoms with van der Waals surface area (Å²) < 4.78 is 5.80. The Morgan fingerprint density at radius 3 is 3.18 bits per heavy atom. The second kappa shape index (κ2) is 4.65. The van der Waals surface area contributed by atoms with Crippen LogP contribution in [-0.2, 0) is 4.74 Å². The molecule has 3 heteroatoms. The number of nitrogens with zero attached hydrogens (tertiary/aromatic N) is 1. The van der Waals surface area contributed by atoms with Gasteiger partial charge in [-0.25, -0.2) is 0 Å². The zero-order valence-electron chi connectivity index (χ0n) is 10.4. The molecule has 3 unspecified atom stereocenters. The zero-order chi connectivity index (χ0) is 11.7. The van der Waals surface area contributed by atoms with Crippen LogP contribution < -0.4 is 5.32 Å². The molecule has 2 aliphatic rings. The Labute approximate surface area is 103 Å². The van der Waals surface area contributed by atoms with E-state index in [9.17, 15) is 0 Å². The fourth-order valence-electron chi connectivity index (χ4n) is 3.20. The van der Waals surface area contributed by atoms with Gasteiger partial charge < -0.3 is 10.1 Å². The SMILES string of the molecule is Cc1cc(NC2CCCC3OCCC23)ccn1. The van der Waals surface area contributed by atoms with Gasteiger partial charge in [0.2, 0.25) is 0 Å². The maximum atomic E-state index is 5.80. The molecule has 1 saturated heterocycles. The van der Waals surface area contributed by atoms with Gasteiger partial charge in [0.1, 0.15) is 0 Å². The van der Waals surface area contributed by atoms with Gasteiger partial charge in [-0.05, 0) is 44.7 Å². The molecule has 0 aromatic carbocycles. The van der Waals surface area contributed by atoms with Crippen LogP contribution in [-0.4, -0.2) is 23.7 Å². The third kappa shape index (κ3) is 2.29. The molecule has 1 aliphatic carbocycles. The van der Waals surface area contributed by atoms with Crippen LogP contribution in [0.2, 0.25) is 0 Å². The second-order valence-electron chi connectivity index (χ2n) is 5.23. The molecule has 92 valence electrons. The lowest BCUT2D eigenvalue weighted by Crippen LogP contribution is -2.38. The average Bonchev–Trinajstić information content (AvgIpc) is 2.78. The van der Waals surface area contributed by atoms with E-state index in [-0.39, 0.29) is 0 Å². The van der Waals surface area contributed by atoms with E-state index in [0.29, 0.717) is 18.1 Å². The van der Waals surface area contributed by atoms with Crippen LogP contribution in [0.5, 0.6) is 0 Å². The van der Waals surface area contributed by atoms with Crippen molar-refractivity contribution in [1.29, 1.82) is 0 Å². The Morgan fingerprint density at radius 2 is 2.29 bits per heavy atom. The van der Waals surface area contributed by atoms with E-state index in [1.165, 1.54) is 31.4 Å². The van der Waals surface area contributed by atoms with Crippen molar-refractivity contribution in [3.05, 3.63) is 24.0 Å². The highest BCUT2D eigenvalue weighted by Gasteiger charge is 2.37. The van der Waals surface area contributed by atoms with E-state index >= 15 is 0 Å². The lowest BCUT2D eigenvalue weighted by Gasteiger charge is -2.33. The molecule has 3 atom stereocenters. The first-order valence-electron chi connectivity index (χ1n) is 6.64. The molecular weight excluding hydrogens is 212 g/mol. The number of pyridine rings is 1. The van der Waals surface area contributed by atoms with Gasteiger partial charge in [-0.3, -0.25) is 4.98 Å². The van der Waals surface area contributed by atoms with Gasteiger partial charge >= 0.3 is 0 Å². The summed E-state index contributed by atoms with van der Waals surface area (Å²) in [6, 6.07) is 4.77. The molecule has 1 aliphatic heterocycles. The number of aromatic nitrogens is 1. The standard InChI is InChI=1S/C14H20N2O/c1-10-9-11(5-7-15-10)16-13-3-2-4-14-12(13)6-8-17-14/h5,7,9,12-14H,2-4,6,8H2,1H3,(H,15,16). The molecule has 2 fully saturated rings. The van der Waals surface area contributed by atoms with Crippen molar-refractivity contribution in [2.75, 3.05) is 11.9 Å². The molecule has 2 heterocycles. The predicted molar refractivity (Wildman–Crippen MR) is 68.1 cm³/mol. The predicted octanol–water partition coefficient (Wildman–Crippen LogP) is 2.76. The van der Waals surface area contributed by atoms with Crippen LogP contribution in [0.1, 0.15) is 31.4 Å². The topological polar surface area (TPSA) is 34.1 Å². The van der Waals surface area contributed by atoms with Gasteiger partial charge in [0, 0.05) is 36.1 Å². The van der Waals surface area contributed by atoms with Crippen molar-refractivity contribution >= 4 is 5.69 Å². The number of hydrogen-bond donors (Lipinski definition) is 1. The number of ether oxygens (including phenoxy) is 1. The van der Waals surface area contributed by atoms with Crippen molar-refractivity contribution in [3.8, 4) is 0 Å². The van der Waals surface area contributed by atoms with Crippen molar-refractivity contribution < 1.29 is 4.74 Å². The van der Waals surface area contributed by atoms with Gasteiger partial charge in [-0.2, -0.15) is 0 Å². The summed E-state index contributed by atoms with van der Waals surface area (Å²) >= 11 is 0. The van der Waals surface area contributed by atoms with Crippen LogP contribution in [0, 0.1) is 12.8 Å². The number of aryl methyl sites for hydroxylation is 1. The van der Waals surface area contributed by atoms with Gasteiger partial charge in [-0.1, -0.05) is 0 Å². The number of fused-ring (bicyclic) bond motifs is 1. The van der Waals surface area contributed by atoms with Crippen molar-refractivity contribution in [2.45, 2.75) is 44.8 Å². The highest BCUT2D eigenvalue weighted by Crippen LogP contribution is 2.35. The maximum Gasteiger partial charge on any atom is 0.0623 e. The molecular formula is C14H20N2O. The number of rotatable bonds is 2. The van der Waals surface area contributed by atoms with E-state index in [1.807, 2.05) is 13.1 Å². The minimum atomic E-state index is 0.504. The van der Waals surface area contributed by atoms with E-state index in [1.54, 1.807) is 0 Å². The molecule has 17 heavy (non-hydrogen) atoms. The quantitative estimate of drug-likeness (QED) is 0.851. The third-order valence-corrected chi connectivity index (χ3v) is 4.03. The Hall–Kier alpha value is -1.09. The number of nitrogens with one attached hydrogen (secondary N) is 1. The highest BCUT2D eigenvalue weighted by molar-refractivity contribution is 5.44. The summed E-state index contributed by atoms with van der Waals surface area (Å²) in [7, 11) is 0. The maximum absolute atomic E-state index is 5.80. The third-order valence-electron chi connectivity index (χ3n) is 4.03. The van der Waals surface area contributed by atoms with E-state index in [4.69, 9.17) is 4.74 Å². The summed E-state index contributed by atoms with van der Waals surface area (Å²) in [6.07, 6.45) is 7.40. The second-order valence-corrected chi connectivity index (χ2v) is 5.23. The normalized spacial score (nSPS) is 32.2. The van der Waals surface area contributed by atoms with Crippen molar-refractivity contribution in [2.24, 2.45) is 5.92 Å².